The maximum Gasteiger partial charge on any atom is 0.261 e. The molecule has 0 aliphatic carbocycles. The lowest BCUT2D eigenvalue weighted by molar-refractivity contribution is 0.318. The summed E-state index contributed by atoms with van der Waals surface area (Å²) in [5.74, 6) is 0. The highest BCUT2D eigenvalue weighted by atomic mass is 27.2. The van der Waals surface area contributed by atoms with E-state index >= 15 is 0 Å². The van der Waals surface area contributed by atoms with Crippen molar-refractivity contribution in [1.29, 1.82) is 0 Å². The maximum atomic E-state index is 7.57. The molecule has 10 heavy (non-hydrogen) atoms. The van der Waals surface area contributed by atoms with Crippen molar-refractivity contribution in [2.45, 2.75) is 43.5 Å². The first-order chi connectivity index (χ1) is 4.76. The van der Waals surface area contributed by atoms with Crippen molar-refractivity contribution >= 4 is 14.1 Å². The van der Waals surface area contributed by atoms with E-state index in [1.165, 1.54) is 15.8 Å². The van der Waals surface area contributed by atoms with Crippen molar-refractivity contribution in [3.63, 3.8) is 0 Å². The van der Waals surface area contributed by atoms with Gasteiger partial charge >= 0.3 is 0 Å². The fourth-order valence-corrected chi connectivity index (χ4v) is 2.60. The maximum absolute atomic E-state index is 7.57. The highest BCUT2D eigenvalue weighted by molar-refractivity contribution is 6.58. The molecule has 0 aliphatic heterocycles. The van der Waals surface area contributed by atoms with Gasteiger partial charge in [-0.1, -0.05) is 36.6 Å². The summed E-state index contributed by atoms with van der Waals surface area (Å²) >= 11 is -0.171. The molecule has 0 fully saturated rings. The topological polar surface area (TPSA) is 20.2 Å². The Hall–Kier alpha value is 0.492. The van der Waals surface area contributed by atoms with Gasteiger partial charge in [0.2, 0.25) is 0 Å². The molecule has 0 radical (unpaired) electrons. The second-order valence-corrected chi connectivity index (χ2v) is 6.59. The van der Waals surface area contributed by atoms with Gasteiger partial charge in [-0.15, -0.1) is 0 Å². The number of aliphatic hydroxyl groups excluding tert-OH is 1. The molecule has 0 aliphatic rings. The third kappa shape index (κ3) is 11.3. The highest BCUT2D eigenvalue weighted by Crippen LogP contribution is 2.01. The van der Waals surface area contributed by atoms with E-state index in [4.69, 9.17) is 5.11 Å². The first-order valence-corrected chi connectivity index (χ1v) is 6.82. The van der Waals surface area contributed by atoms with E-state index in [-0.39, 0.29) is 20.8 Å². The molecule has 0 saturated carbocycles. The fraction of sp³-hybridized carbons (Fsp3) is 1.00. The van der Waals surface area contributed by atoms with Crippen molar-refractivity contribution in [3.05, 3.63) is 0 Å². The lowest BCUT2D eigenvalue weighted by atomic mass is 10.9. The molecule has 0 aromatic rings. The Morgan fingerprint density at radius 1 is 0.900 bits per heavy atom. The first kappa shape index (κ1) is 13.1. The Balaban J connectivity index is 0. The number of hydrogen-bond donors (Lipinski definition) is 1. The van der Waals surface area contributed by atoms with Crippen LogP contribution in [0.4, 0.5) is 0 Å². The number of rotatable bonds is 3. The van der Waals surface area contributed by atoms with Crippen LogP contribution < -0.4 is 0 Å². The van der Waals surface area contributed by atoms with E-state index in [0.29, 0.717) is 0 Å². The van der Waals surface area contributed by atoms with Crippen LogP contribution in [0.3, 0.4) is 0 Å². The van der Waals surface area contributed by atoms with Crippen molar-refractivity contribution in [2.75, 3.05) is 6.61 Å². The van der Waals surface area contributed by atoms with Crippen molar-refractivity contribution < 1.29 is 5.11 Å². The Labute approximate surface area is 69.8 Å². The molecule has 1 nitrogen and oxygen atoms in total. The summed E-state index contributed by atoms with van der Waals surface area (Å²) in [6, 6.07) is 0. The molecular weight excluding hydrogens is 139 g/mol. The summed E-state index contributed by atoms with van der Waals surface area (Å²) in [5, 5.41) is 12.0. The molecule has 62 valence electrons. The summed E-state index contributed by atoms with van der Waals surface area (Å²) in [6.45, 7) is 8.90. The molecule has 0 bridgehead atoms. The molecule has 0 amide bonds. The van der Waals surface area contributed by atoms with Crippen molar-refractivity contribution in [3.8, 4) is 0 Å². The molecule has 0 atom stereocenters. The van der Waals surface area contributed by atoms with Gasteiger partial charge in [0.1, 0.15) is 0 Å². The van der Waals surface area contributed by atoms with Gasteiger partial charge in [0.25, 0.3) is 14.1 Å². The minimum Gasteiger partial charge on any atom is -0.397 e. The predicted molar refractivity (Wildman–Crippen MR) is 50.0 cm³/mol. The predicted octanol–water partition coefficient (Wildman–Crippen LogP) is 2.54. The zero-order chi connectivity index (χ0) is 8.41. The zero-order valence-corrected chi connectivity index (χ0v) is 9.01. The molecule has 0 spiro atoms. The molecule has 0 aromatic heterocycles. The van der Waals surface area contributed by atoms with E-state index in [1.54, 1.807) is 6.92 Å². The van der Waals surface area contributed by atoms with Gasteiger partial charge in [0, 0.05) is 6.61 Å². The van der Waals surface area contributed by atoms with E-state index in [0.717, 1.165) is 0 Å². The van der Waals surface area contributed by atoms with Crippen molar-refractivity contribution in [1.82, 2.24) is 0 Å². The fourth-order valence-electron chi connectivity index (χ4n) is 0.866. The number of aliphatic hydroxyl groups is 1. The zero-order valence-electron chi connectivity index (χ0n) is 7.85. The van der Waals surface area contributed by atoms with Crippen molar-refractivity contribution in [2.24, 2.45) is 0 Å². The quantitative estimate of drug-likeness (QED) is 0.629. The van der Waals surface area contributed by atoms with Crippen LogP contribution >= 0.6 is 0 Å². The third-order valence-electron chi connectivity index (χ3n) is 1.73. The minimum absolute atomic E-state index is 0.171. The molecule has 0 aromatic carbocycles. The van der Waals surface area contributed by atoms with Crippen LogP contribution in [0.2, 0.25) is 15.8 Å². The monoisotopic (exact) mass is 160 g/mol. The first-order valence-electron chi connectivity index (χ1n) is 4.37. The number of hydrogen-bond acceptors (Lipinski definition) is 1. The largest absolute Gasteiger partial charge is 0.397 e. The second-order valence-electron chi connectivity index (χ2n) is 2.41. The molecular formula is C8H21AlO. The summed E-state index contributed by atoms with van der Waals surface area (Å²) in [5.41, 5.74) is 0. The van der Waals surface area contributed by atoms with Gasteiger partial charge in [-0.3, -0.25) is 0 Å². The Bertz CT molecular complexity index is 39.0. The average Bonchev–Trinajstić information content (AvgIpc) is 1.93. The van der Waals surface area contributed by atoms with E-state index in [2.05, 4.69) is 20.8 Å². The normalized spacial score (nSPS) is 8.10. The Morgan fingerprint density at radius 3 is 1.10 bits per heavy atom. The molecule has 2 heteroatoms. The Morgan fingerprint density at radius 2 is 1.10 bits per heavy atom. The standard InChI is InChI=1S/C2H6O.3C2H5.Al/c1-2-3;3*1-2;/h3H,2H2,1H3;3*1H2,2H3;. The summed E-state index contributed by atoms with van der Waals surface area (Å²) < 4.78 is 0. The van der Waals surface area contributed by atoms with E-state index < -0.39 is 0 Å². The third-order valence-corrected chi connectivity index (χ3v) is 5.20. The van der Waals surface area contributed by atoms with Crippen LogP contribution in [0, 0.1) is 0 Å². The molecule has 1 N–H and O–H groups in total. The second kappa shape index (κ2) is 12.2. The van der Waals surface area contributed by atoms with Gasteiger partial charge in [0.05, 0.1) is 0 Å². The van der Waals surface area contributed by atoms with Gasteiger partial charge in [-0.25, -0.2) is 0 Å². The van der Waals surface area contributed by atoms with Gasteiger partial charge in [-0.05, 0) is 6.92 Å². The van der Waals surface area contributed by atoms with Gasteiger partial charge in [-0.2, -0.15) is 0 Å². The van der Waals surface area contributed by atoms with Crippen LogP contribution in [0.5, 0.6) is 0 Å². The van der Waals surface area contributed by atoms with Crippen LogP contribution in [-0.2, 0) is 0 Å². The van der Waals surface area contributed by atoms with Crippen LogP contribution in [0.15, 0.2) is 0 Å². The van der Waals surface area contributed by atoms with Crippen LogP contribution in [0.1, 0.15) is 27.7 Å². The summed E-state index contributed by atoms with van der Waals surface area (Å²) in [6.07, 6.45) is 0. The Kier molecular flexibility index (Phi) is 16.0. The highest BCUT2D eigenvalue weighted by Gasteiger charge is 2.05. The smallest absolute Gasteiger partial charge is 0.261 e. The minimum atomic E-state index is -0.171. The molecule has 0 rings (SSSR count). The van der Waals surface area contributed by atoms with E-state index in [1.807, 2.05) is 0 Å². The van der Waals surface area contributed by atoms with Crippen LogP contribution in [-0.4, -0.2) is 25.9 Å². The lowest BCUT2D eigenvalue weighted by Gasteiger charge is -1.97. The SMILES string of the molecule is CCO.C[CH2][Al]([CH2]C)[CH2]C. The van der Waals surface area contributed by atoms with Gasteiger partial charge in [0.15, 0.2) is 0 Å². The van der Waals surface area contributed by atoms with Crippen LogP contribution in [0.25, 0.3) is 0 Å². The molecule has 0 unspecified atom stereocenters. The lowest BCUT2D eigenvalue weighted by Crippen LogP contribution is -2.04. The summed E-state index contributed by atoms with van der Waals surface area (Å²) in [4.78, 5) is 0. The van der Waals surface area contributed by atoms with E-state index in [9.17, 15) is 0 Å². The average molecular weight is 160 g/mol. The molecule has 0 saturated heterocycles. The van der Waals surface area contributed by atoms with Gasteiger partial charge < -0.3 is 5.11 Å². The molecule has 0 heterocycles. The summed E-state index contributed by atoms with van der Waals surface area (Å²) in [7, 11) is 0.